The van der Waals surface area contributed by atoms with E-state index >= 15 is 0 Å². The smallest absolute Gasteiger partial charge is 0.448 e. The number of hydrogen-bond donors (Lipinski definition) is 2. The van der Waals surface area contributed by atoms with Gasteiger partial charge in [0.15, 0.2) is 0 Å². The lowest BCUT2D eigenvalue weighted by Crippen LogP contribution is -2.50. The van der Waals surface area contributed by atoms with E-state index in [4.69, 9.17) is 15.4 Å². The van der Waals surface area contributed by atoms with Gasteiger partial charge in [0, 0.05) is 48.5 Å². The van der Waals surface area contributed by atoms with Gasteiger partial charge in [-0.05, 0) is 70.7 Å². The average Bonchev–Trinajstić information content (AvgIpc) is 3.23. The molecular weight excluding hydrogens is 551 g/mol. The fourth-order valence-electron chi connectivity index (χ4n) is 6.33. The lowest BCUT2D eigenvalue weighted by atomic mass is 9.71. The molecule has 1 aliphatic heterocycles. The molecule has 2 aliphatic rings. The third kappa shape index (κ3) is 5.33. The number of rotatable bonds is 6. The minimum absolute atomic E-state index is 0.0181. The van der Waals surface area contributed by atoms with Gasteiger partial charge < -0.3 is 24.6 Å². The predicted molar refractivity (Wildman–Crippen MR) is 158 cm³/mol. The molecular formula is C29H32BClN2O6S. The van der Waals surface area contributed by atoms with E-state index in [0.29, 0.717) is 42.9 Å². The summed E-state index contributed by atoms with van der Waals surface area (Å²) >= 11 is 0. The van der Waals surface area contributed by atoms with Crippen LogP contribution in [-0.4, -0.2) is 69.4 Å². The zero-order valence-electron chi connectivity index (χ0n) is 22.7. The van der Waals surface area contributed by atoms with Crippen molar-refractivity contribution in [3.8, 4) is 11.1 Å². The normalized spacial score (nSPS) is 15.2. The number of anilines is 1. The molecule has 1 saturated heterocycles. The van der Waals surface area contributed by atoms with Crippen LogP contribution in [0, 0.1) is 20.8 Å². The van der Waals surface area contributed by atoms with E-state index in [1.807, 2.05) is 36.1 Å². The van der Waals surface area contributed by atoms with Gasteiger partial charge in [-0.15, -0.1) is 0 Å². The number of nitrogens with zero attached hydrogens (tertiary/aromatic N) is 2. The van der Waals surface area contributed by atoms with Crippen LogP contribution in [-0.2, 0) is 19.5 Å². The van der Waals surface area contributed by atoms with Crippen molar-refractivity contribution in [2.75, 3.05) is 37.7 Å². The fraction of sp³-hybridized carbons (Fsp3) is 0.345. The first-order valence-corrected chi connectivity index (χ1v) is 15.7. The molecule has 3 aromatic rings. The number of halogens is 1. The summed E-state index contributed by atoms with van der Waals surface area (Å²) in [6.45, 7) is 7.29. The maximum atomic E-state index is 13.1. The zero-order chi connectivity index (χ0) is 28.8. The Bertz CT molecular complexity index is 1530. The highest BCUT2D eigenvalue weighted by Gasteiger charge is 2.32. The van der Waals surface area contributed by atoms with E-state index < -0.39 is 21.9 Å². The third-order valence-electron chi connectivity index (χ3n) is 8.19. The molecule has 210 valence electrons. The SMILES string of the molecule is Cc1c(CS(=O)(=O)Cl)c(C)c(N2CCN(C(=O)OCC3c4ccccc4-c4ccccc43)CC2)c(C)c1B(O)O. The Hall–Kier alpha value is -3.05. The summed E-state index contributed by atoms with van der Waals surface area (Å²) in [5.74, 6) is -0.436. The van der Waals surface area contributed by atoms with Crippen LogP contribution in [0.1, 0.15) is 39.3 Å². The van der Waals surface area contributed by atoms with Gasteiger partial charge in [0.2, 0.25) is 9.05 Å². The van der Waals surface area contributed by atoms with E-state index in [9.17, 15) is 23.3 Å². The van der Waals surface area contributed by atoms with Gasteiger partial charge in [-0.3, -0.25) is 0 Å². The molecule has 1 aliphatic carbocycles. The first kappa shape index (κ1) is 28.5. The summed E-state index contributed by atoms with van der Waals surface area (Å²) in [6, 6.07) is 16.4. The monoisotopic (exact) mass is 582 g/mol. The van der Waals surface area contributed by atoms with Gasteiger partial charge >= 0.3 is 13.2 Å². The molecule has 0 unspecified atom stereocenters. The number of fused-ring (bicyclic) bond motifs is 3. The molecule has 0 saturated carbocycles. The van der Waals surface area contributed by atoms with E-state index in [-0.39, 0.29) is 24.1 Å². The predicted octanol–water partition coefficient (Wildman–Crippen LogP) is 3.43. The number of hydrogen-bond acceptors (Lipinski definition) is 7. The first-order chi connectivity index (χ1) is 19.0. The van der Waals surface area contributed by atoms with E-state index in [1.54, 1.807) is 18.7 Å². The topological polar surface area (TPSA) is 107 Å². The first-order valence-electron chi connectivity index (χ1n) is 13.2. The van der Waals surface area contributed by atoms with Crippen molar-refractivity contribution in [2.45, 2.75) is 32.4 Å². The molecule has 1 amide bonds. The number of carbonyl (C=O) groups excluding carboxylic acids is 1. The summed E-state index contributed by atoms with van der Waals surface area (Å²) in [6.07, 6.45) is -0.376. The lowest BCUT2D eigenvalue weighted by Gasteiger charge is -2.38. The molecule has 8 nitrogen and oxygen atoms in total. The second kappa shape index (κ2) is 11.1. The number of benzene rings is 3. The Morgan fingerprint density at radius 2 is 1.48 bits per heavy atom. The molecule has 0 bridgehead atoms. The van der Waals surface area contributed by atoms with Crippen molar-refractivity contribution in [1.82, 2.24) is 4.90 Å². The fourth-order valence-corrected chi connectivity index (χ4v) is 7.43. The lowest BCUT2D eigenvalue weighted by molar-refractivity contribution is 0.0976. The molecule has 11 heteroatoms. The molecule has 5 rings (SSSR count). The van der Waals surface area contributed by atoms with Crippen molar-refractivity contribution >= 4 is 44.1 Å². The van der Waals surface area contributed by atoms with Crippen molar-refractivity contribution in [1.29, 1.82) is 0 Å². The standard InChI is InChI=1S/C29H32BClN2O6S/c1-18-26(17-40(31,37)38)19(2)28(20(3)27(18)30(35)36)32-12-14-33(15-13-32)29(34)39-16-25-23-10-6-4-8-21(23)22-9-5-7-11-24(22)25/h4-11,25,35-36H,12-17H2,1-3H3. The number of amides is 1. The highest BCUT2D eigenvalue weighted by molar-refractivity contribution is 8.13. The highest BCUT2D eigenvalue weighted by atomic mass is 35.7. The summed E-state index contributed by atoms with van der Waals surface area (Å²) < 4.78 is 29.7. The van der Waals surface area contributed by atoms with Crippen molar-refractivity contribution < 1.29 is 28.0 Å². The average molecular weight is 583 g/mol. The quantitative estimate of drug-likeness (QED) is 0.339. The van der Waals surface area contributed by atoms with Crippen LogP contribution in [0.3, 0.4) is 0 Å². The summed E-state index contributed by atoms with van der Waals surface area (Å²) in [7, 11) is -0.0566. The van der Waals surface area contributed by atoms with Crippen LogP contribution in [0.2, 0.25) is 0 Å². The Morgan fingerprint density at radius 1 is 0.925 bits per heavy atom. The molecule has 0 aromatic heterocycles. The zero-order valence-corrected chi connectivity index (χ0v) is 24.3. The van der Waals surface area contributed by atoms with Gasteiger partial charge in [-0.2, -0.15) is 0 Å². The molecule has 2 N–H and O–H groups in total. The van der Waals surface area contributed by atoms with Crippen LogP contribution >= 0.6 is 10.7 Å². The highest BCUT2D eigenvalue weighted by Crippen LogP contribution is 2.44. The molecule has 0 radical (unpaired) electrons. The van der Waals surface area contributed by atoms with Crippen LogP contribution in [0.4, 0.5) is 10.5 Å². The second-order valence-corrected chi connectivity index (χ2v) is 13.2. The molecule has 40 heavy (non-hydrogen) atoms. The van der Waals surface area contributed by atoms with Crippen LogP contribution in [0.25, 0.3) is 11.1 Å². The van der Waals surface area contributed by atoms with E-state index in [1.165, 1.54) is 11.1 Å². The number of piperazine rings is 1. The molecule has 1 heterocycles. The Balaban J connectivity index is 1.30. The minimum atomic E-state index is -3.87. The van der Waals surface area contributed by atoms with E-state index in [2.05, 4.69) is 24.3 Å². The maximum Gasteiger partial charge on any atom is 0.489 e. The second-order valence-electron chi connectivity index (χ2n) is 10.5. The number of ether oxygens (including phenoxy) is 1. The summed E-state index contributed by atoms with van der Waals surface area (Å²) in [4.78, 5) is 16.8. The minimum Gasteiger partial charge on any atom is -0.448 e. The van der Waals surface area contributed by atoms with E-state index in [0.717, 1.165) is 22.4 Å². The largest absolute Gasteiger partial charge is 0.489 e. The Kier molecular flexibility index (Phi) is 7.89. The van der Waals surface area contributed by atoms with Crippen LogP contribution < -0.4 is 10.4 Å². The van der Waals surface area contributed by atoms with Gasteiger partial charge in [-0.1, -0.05) is 48.5 Å². The maximum absolute atomic E-state index is 13.1. The molecule has 1 fully saturated rings. The number of carbonyl (C=O) groups is 1. The van der Waals surface area contributed by atoms with Gasteiger partial charge in [-0.25, -0.2) is 13.2 Å². The van der Waals surface area contributed by atoms with Gasteiger partial charge in [0.1, 0.15) is 6.61 Å². The molecule has 0 spiro atoms. The Labute approximate surface area is 239 Å². The Morgan fingerprint density at radius 3 is 2.00 bits per heavy atom. The van der Waals surface area contributed by atoms with Gasteiger partial charge in [0.25, 0.3) is 0 Å². The van der Waals surface area contributed by atoms with Crippen molar-refractivity contribution in [3.63, 3.8) is 0 Å². The summed E-state index contributed by atoms with van der Waals surface area (Å²) in [5, 5.41) is 20.2. The molecule has 3 aromatic carbocycles. The van der Waals surface area contributed by atoms with Crippen molar-refractivity contribution in [3.05, 3.63) is 81.9 Å². The van der Waals surface area contributed by atoms with Crippen molar-refractivity contribution in [2.24, 2.45) is 0 Å². The third-order valence-corrected chi connectivity index (χ3v) is 9.15. The molecule has 0 atom stereocenters. The van der Waals surface area contributed by atoms with Gasteiger partial charge in [0.05, 0.1) is 5.75 Å². The van der Waals surface area contributed by atoms with Crippen LogP contribution in [0.15, 0.2) is 48.5 Å². The van der Waals surface area contributed by atoms with Crippen LogP contribution in [0.5, 0.6) is 0 Å². The summed E-state index contributed by atoms with van der Waals surface area (Å²) in [5.41, 5.74) is 8.00.